The topological polar surface area (TPSA) is 86.4 Å². The Morgan fingerprint density at radius 3 is 1.79 bits per heavy atom. The van der Waals surface area contributed by atoms with E-state index in [-0.39, 0.29) is 36.5 Å². The Morgan fingerprint density at radius 1 is 0.794 bits per heavy atom. The third kappa shape index (κ3) is 10.8. The van der Waals surface area contributed by atoms with Crippen molar-refractivity contribution >= 4 is 45.2 Å². The Hall–Kier alpha value is -1.49. The van der Waals surface area contributed by atoms with Crippen LogP contribution < -0.4 is 0 Å². The van der Waals surface area contributed by atoms with Gasteiger partial charge in [-0.15, -0.1) is 0 Å². The lowest BCUT2D eigenvalue weighted by molar-refractivity contribution is -0.0264. The summed E-state index contributed by atoms with van der Waals surface area (Å²) < 4.78 is 29.5. The number of rotatable bonds is 9. The van der Waals surface area contributed by atoms with Gasteiger partial charge in [0.25, 0.3) is 5.90 Å². The molecule has 0 aromatic carbocycles. The van der Waals surface area contributed by atoms with Crippen LogP contribution in [0.3, 0.4) is 0 Å². The van der Waals surface area contributed by atoms with Gasteiger partial charge in [0.1, 0.15) is 24.7 Å². The van der Waals surface area contributed by atoms with E-state index in [0.717, 1.165) is 5.92 Å². The zero-order valence-electron chi connectivity index (χ0n) is 21.7. The molecule has 11 heteroatoms. The van der Waals surface area contributed by atoms with Crippen molar-refractivity contribution in [3.05, 3.63) is 0 Å². The molecule has 3 atom stereocenters. The molecule has 196 valence electrons. The third-order valence-electron chi connectivity index (χ3n) is 4.17. The summed E-state index contributed by atoms with van der Waals surface area (Å²) in [6.07, 6.45) is 0. The van der Waals surface area contributed by atoms with Gasteiger partial charge in [0.2, 0.25) is 17.7 Å². The third-order valence-corrected chi connectivity index (χ3v) is 6.56. The van der Waals surface area contributed by atoms with E-state index in [1.807, 2.05) is 20.8 Å². The van der Waals surface area contributed by atoms with E-state index in [1.54, 1.807) is 21.6 Å². The lowest BCUT2D eigenvalue weighted by Gasteiger charge is -2.28. The van der Waals surface area contributed by atoms with Gasteiger partial charge in [-0.1, -0.05) is 56.2 Å². The molecule has 2 aliphatic rings. The van der Waals surface area contributed by atoms with E-state index in [2.05, 4.69) is 49.5 Å². The van der Waals surface area contributed by atoms with Crippen LogP contribution in [0.5, 0.6) is 0 Å². The molecule has 0 aliphatic carbocycles. The normalized spacial score (nSPS) is 22.1. The highest BCUT2D eigenvalue weighted by molar-refractivity contribution is 8.76. The average Bonchev–Trinajstić information content (AvgIpc) is 2.78. The van der Waals surface area contributed by atoms with Gasteiger partial charge in [0, 0.05) is 16.0 Å². The molecule has 2 unspecified atom stereocenters. The fourth-order valence-electron chi connectivity index (χ4n) is 2.85. The van der Waals surface area contributed by atoms with Crippen molar-refractivity contribution < 1.29 is 23.7 Å². The molecule has 0 aromatic rings. The molecular formula is C23H41FN4O4S2. The van der Waals surface area contributed by atoms with Crippen LogP contribution in [-0.2, 0) is 19.2 Å². The van der Waals surface area contributed by atoms with Crippen LogP contribution in [0.1, 0.15) is 55.4 Å². The van der Waals surface area contributed by atoms with Crippen molar-refractivity contribution in [2.45, 2.75) is 73.5 Å². The first-order valence-corrected chi connectivity index (χ1v) is 14.4. The van der Waals surface area contributed by atoms with Gasteiger partial charge in [-0.3, -0.25) is 4.94 Å². The minimum absolute atomic E-state index is 0.0298. The SMILES string of the molecule is CC(C)C.CCOC1=NCC(OF)=NC1CSSC[C@@H]1N=C(OCC)C(C(C)C)N=C1OCC. The van der Waals surface area contributed by atoms with Crippen LogP contribution in [0, 0.1) is 11.8 Å². The van der Waals surface area contributed by atoms with Crippen molar-refractivity contribution in [2.75, 3.05) is 37.9 Å². The summed E-state index contributed by atoms with van der Waals surface area (Å²) in [5, 5.41) is 0. The second-order valence-electron chi connectivity index (χ2n) is 8.51. The zero-order valence-corrected chi connectivity index (χ0v) is 23.4. The van der Waals surface area contributed by atoms with Gasteiger partial charge in [-0.2, -0.15) is 0 Å². The summed E-state index contributed by atoms with van der Waals surface area (Å²) >= 11 is 0. The van der Waals surface area contributed by atoms with Crippen LogP contribution in [0.25, 0.3) is 0 Å². The van der Waals surface area contributed by atoms with Crippen molar-refractivity contribution in [2.24, 2.45) is 31.8 Å². The van der Waals surface area contributed by atoms with Crippen molar-refractivity contribution in [3.63, 3.8) is 0 Å². The van der Waals surface area contributed by atoms with Gasteiger partial charge in [0.15, 0.2) is 0 Å². The maximum atomic E-state index is 12.5. The van der Waals surface area contributed by atoms with Crippen LogP contribution in [0.4, 0.5) is 4.53 Å². The fourth-order valence-corrected chi connectivity index (χ4v) is 5.08. The molecule has 0 saturated heterocycles. The Labute approximate surface area is 212 Å². The van der Waals surface area contributed by atoms with Crippen LogP contribution >= 0.6 is 21.6 Å². The molecule has 34 heavy (non-hydrogen) atoms. The predicted molar refractivity (Wildman–Crippen MR) is 143 cm³/mol. The molecule has 0 spiro atoms. The number of aliphatic imine (C=N–C) groups is 4. The molecule has 0 saturated carbocycles. The highest BCUT2D eigenvalue weighted by Crippen LogP contribution is 2.28. The molecular weight excluding hydrogens is 479 g/mol. The Bertz CT molecular complexity index is 714. The first-order chi connectivity index (χ1) is 16.3. The summed E-state index contributed by atoms with van der Waals surface area (Å²) in [5.74, 6) is 4.12. The average molecular weight is 521 g/mol. The lowest BCUT2D eigenvalue weighted by atomic mass is 10.0. The molecule has 2 heterocycles. The van der Waals surface area contributed by atoms with Gasteiger partial charge >= 0.3 is 0 Å². The molecule has 0 fully saturated rings. The molecule has 0 bridgehead atoms. The number of ether oxygens (including phenoxy) is 3. The minimum Gasteiger partial charge on any atom is -0.480 e. The van der Waals surface area contributed by atoms with E-state index in [9.17, 15) is 4.53 Å². The van der Waals surface area contributed by atoms with E-state index < -0.39 is 0 Å². The molecule has 8 nitrogen and oxygen atoms in total. The Morgan fingerprint density at radius 2 is 1.29 bits per heavy atom. The van der Waals surface area contributed by atoms with Crippen LogP contribution in [0.15, 0.2) is 20.0 Å². The number of hydrogen-bond acceptors (Lipinski definition) is 10. The van der Waals surface area contributed by atoms with Crippen molar-refractivity contribution in [1.82, 2.24) is 0 Å². The smallest absolute Gasteiger partial charge is 0.256 e. The van der Waals surface area contributed by atoms with Crippen LogP contribution in [-0.4, -0.2) is 79.6 Å². The quantitative estimate of drug-likeness (QED) is 0.298. The zero-order chi connectivity index (χ0) is 25.5. The minimum atomic E-state index is -0.374. The van der Waals surface area contributed by atoms with Crippen molar-refractivity contribution in [1.29, 1.82) is 0 Å². The number of hydrogen-bond donors (Lipinski definition) is 0. The predicted octanol–water partition coefficient (Wildman–Crippen LogP) is 5.42. The summed E-state index contributed by atoms with van der Waals surface area (Å²) in [4.78, 5) is 21.8. The first-order valence-electron chi connectivity index (χ1n) is 11.9. The van der Waals surface area contributed by atoms with E-state index in [4.69, 9.17) is 24.2 Å². The van der Waals surface area contributed by atoms with E-state index in [1.165, 1.54) is 0 Å². The lowest BCUT2D eigenvalue weighted by Crippen LogP contribution is -2.39. The summed E-state index contributed by atoms with van der Waals surface area (Å²) in [6.45, 7) is 18.1. The van der Waals surface area contributed by atoms with Gasteiger partial charge in [0.05, 0.1) is 19.8 Å². The Kier molecular flexibility index (Phi) is 15.3. The largest absolute Gasteiger partial charge is 0.480 e. The summed E-state index contributed by atoms with van der Waals surface area (Å²) in [6, 6.07) is -0.708. The molecule has 0 aromatic heterocycles. The van der Waals surface area contributed by atoms with Crippen molar-refractivity contribution in [3.8, 4) is 0 Å². The molecule has 0 N–H and O–H groups in total. The standard InChI is InChI=1S/C19H31FN4O4S2.C4H10/c1-6-25-17-13(22-15(28-20)9-21-17)10-29-30-11-14-18(26-7-2)24-16(12(4)5)19(23-14)27-8-3;1-4(2)3/h12-14,16H,6-11H2,1-5H3;4H,1-3H3/t13?,14-,16?;/m0./s1. The molecule has 0 radical (unpaired) electrons. The highest BCUT2D eigenvalue weighted by atomic mass is 33.1. The van der Waals surface area contributed by atoms with Gasteiger partial charge < -0.3 is 14.2 Å². The monoisotopic (exact) mass is 520 g/mol. The second-order valence-corrected chi connectivity index (χ2v) is 11.1. The first kappa shape index (κ1) is 30.5. The maximum absolute atomic E-state index is 12.5. The number of halogens is 1. The van der Waals surface area contributed by atoms with Crippen LogP contribution in [0.2, 0.25) is 0 Å². The van der Waals surface area contributed by atoms with Gasteiger partial charge in [-0.05, 0) is 32.6 Å². The van der Waals surface area contributed by atoms with E-state index in [0.29, 0.717) is 49.0 Å². The summed E-state index contributed by atoms with van der Waals surface area (Å²) in [5.41, 5.74) is 0. The molecule has 0 amide bonds. The maximum Gasteiger partial charge on any atom is 0.256 e. The summed E-state index contributed by atoms with van der Waals surface area (Å²) in [7, 11) is 3.21. The highest BCUT2D eigenvalue weighted by Gasteiger charge is 2.32. The molecule has 2 aliphatic heterocycles. The second kappa shape index (κ2) is 17.0. The number of nitrogens with zero attached hydrogens (tertiary/aromatic N) is 4. The van der Waals surface area contributed by atoms with Gasteiger partial charge in [-0.25, -0.2) is 20.0 Å². The fraction of sp³-hybridized carbons (Fsp3) is 0.826. The molecule has 2 rings (SSSR count). The Balaban J connectivity index is 0.00000133. The van der Waals surface area contributed by atoms with E-state index >= 15 is 0 Å².